The van der Waals surface area contributed by atoms with E-state index in [2.05, 4.69) is 121 Å². The van der Waals surface area contributed by atoms with Crippen molar-refractivity contribution in [3.8, 4) is 0 Å². The molecule has 0 spiro atoms. The molecule has 0 fully saturated rings. The van der Waals surface area contributed by atoms with Gasteiger partial charge in [-0.05, 0) is 92.5 Å². The average molecular weight is 627 g/mol. The Kier molecular flexibility index (Phi) is 13.7. The third kappa shape index (κ3) is 10.3. The number of hydrogen-bond acceptors (Lipinski definition) is 5. The molecule has 7 heteroatoms. The number of benzene rings is 2. The van der Waals surface area contributed by atoms with Gasteiger partial charge in [0.1, 0.15) is 6.29 Å². The fourth-order valence-electron chi connectivity index (χ4n) is 4.91. The molecule has 0 atom stereocenters. The van der Waals surface area contributed by atoms with E-state index in [0.717, 1.165) is 32.6 Å². The van der Waals surface area contributed by atoms with Crippen molar-refractivity contribution in [2.45, 2.75) is 131 Å². The number of anilines is 2. The Morgan fingerprint density at radius 3 is 1.84 bits per heavy atom. The Hall–Kier alpha value is -1.94. The molecule has 0 saturated carbocycles. The standard InChI is InChI=1S/C18H31NOSi.C16H27NOSi.C2H4O/c1-7-19-13-9-12-15-10-8-11-16(17(15)19)14-20-21(5,6)18(2,3)4;1-16(2,3)19(4,5)18-12-14-9-6-8-13-10-7-11-17-15(13)14;1-2-3/h8,10-11H,7,9,12-14H2,1-6H3;6,8-9,17H,7,10-12H2,1-5H3;2H,1H3. The molecule has 0 aromatic heterocycles. The average Bonchev–Trinajstić information content (AvgIpc) is 2.94. The zero-order valence-corrected chi connectivity index (χ0v) is 31.6. The Morgan fingerprint density at radius 1 is 0.814 bits per heavy atom. The SMILES string of the molecule is CC(C)(C)[Si](C)(C)OCc1cccc2c1NCCC2.CC=O.CCN1CCCc2cccc(CO[Si](C)(C)C(C)(C)C)c21. The van der Waals surface area contributed by atoms with Crippen LogP contribution in [-0.4, -0.2) is 42.6 Å². The number of rotatable bonds is 7. The molecule has 0 bridgehead atoms. The van der Waals surface area contributed by atoms with Gasteiger partial charge in [-0.2, -0.15) is 0 Å². The highest BCUT2D eigenvalue weighted by atomic mass is 28.4. The van der Waals surface area contributed by atoms with Crippen molar-refractivity contribution in [3.05, 3.63) is 58.7 Å². The molecule has 0 radical (unpaired) electrons. The van der Waals surface area contributed by atoms with E-state index in [1.165, 1.54) is 72.8 Å². The lowest BCUT2D eigenvalue weighted by Gasteiger charge is -2.37. The molecule has 2 aliphatic rings. The quantitative estimate of drug-likeness (QED) is 0.245. The van der Waals surface area contributed by atoms with Crippen LogP contribution in [0.25, 0.3) is 0 Å². The summed E-state index contributed by atoms with van der Waals surface area (Å²) in [5.41, 5.74) is 8.42. The number of carbonyl (C=O) groups excluding carboxylic acids is 1. The van der Waals surface area contributed by atoms with E-state index in [9.17, 15) is 0 Å². The van der Waals surface area contributed by atoms with Crippen LogP contribution in [0.5, 0.6) is 0 Å². The smallest absolute Gasteiger partial charge is 0.192 e. The van der Waals surface area contributed by atoms with E-state index in [-0.39, 0.29) is 10.1 Å². The summed E-state index contributed by atoms with van der Waals surface area (Å²) in [4.78, 5) is 11.3. The molecule has 0 unspecified atom stereocenters. The van der Waals surface area contributed by atoms with Gasteiger partial charge in [0, 0.05) is 36.6 Å². The maximum absolute atomic E-state index is 8.81. The van der Waals surface area contributed by atoms with Crippen LogP contribution in [0.1, 0.15) is 90.5 Å². The summed E-state index contributed by atoms with van der Waals surface area (Å²) in [7, 11) is -3.34. The molecule has 0 saturated heterocycles. The lowest BCUT2D eigenvalue weighted by atomic mass is 9.98. The van der Waals surface area contributed by atoms with Gasteiger partial charge in [-0.3, -0.25) is 0 Å². The van der Waals surface area contributed by atoms with Gasteiger partial charge in [0.25, 0.3) is 0 Å². The van der Waals surface area contributed by atoms with Gasteiger partial charge in [0.05, 0.1) is 13.2 Å². The van der Waals surface area contributed by atoms with E-state index in [4.69, 9.17) is 13.6 Å². The molecule has 2 aromatic carbocycles. The largest absolute Gasteiger partial charge is 0.412 e. The highest BCUT2D eigenvalue weighted by Gasteiger charge is 2.38. The molecule has 43 heavy (non-hydrogen) atoms. The van der Waals surface area contributed by atoms with Crippen LogP contribution in [0, 0.1) is 0 Å². The first-order valence-corrected chi connectivity index (χ1v) is 22.2. The van der Waals surface area contributed by atoms with E-state index in [0.29, 0.717) is 0 Å². The normalized spacial score (nSPS) is 15.1. The van der Waals surface area contributed by atoms with Gasteiger partial charge in [-0.1, -0.05) is 77.9 Å². The summed E-state index contributed by atoms with van der Waals surface area (Å²) in [5, 5.41) is 4.08. The Labute approximate surface area is 266 Å². The molecule has 5 nitrogen and oxygen atoms in total. The van der Waals surface area contributed by atoms with Gasteiger partial charge < -0.3 is 23.9 Å². The van der Waals surface area contributed by atoms with E-state index in [1.54, 1.807) is 0 Å². The predicted molar refractivity (Wildman–Crippen MR) is 192 cm³/mol. The maximum atomic E-state index is 8.81. The Balaban J connectivity index is 0.000000276. The molecule has 1 N–H and O–H groups in total. The second kappa shape index (κ2) is 15.9. The summed E-state index contributed by atoms with van der Waals surface area (Å²) in [6, 6.07) is 13.3. The summed E-state index contributed by atoms with van der Waals surface area (Å²) in [6.07, 6.45) is 5.66. The lowest BCUT2D eigenvalue weighted by molar-refractivity contribution is -0.106. The fraction of sp³-hybridized carbons (Fsp3) is 0.639. The molecule has 4 rings (SSSR count). The first kappa shape index (κ1) is 37.3. The van der Waals surface area contributed by atoms with Crippen LogP contribution < -0.4 is 10.2 Å². The minimum atomic E-state index is -1.68. The molecule has 0 amide bonds. The summed E-state index contributed by atoms with van der Waals surface area (Å²) >= 11 is 0. The summed E-state index contributed by atoms with van der Waals surface area (Å²) < 4.78 is 12.8. The first-order chi connectivity index (χ1) is 20.0. The van der Waals surface area contributed by atoms with Gasteiger partial charge in [0.2, 0.25) is 0 Å². The van der Waals surface area contributed by atoms with E-state index < -0.39 is 16.6 Å². The number of aryl methyl sites for hydroxylation is 2. The monoisotopic (exact) mass is 626 g/mol. The van der Waals surface area contributed by atoms with Crippen molar-refractivity contribution < 1.29 is 13.6 Å². The van der Waals surface area contributed by atoms with Crippen LogP contribution in [0.3, 0.4) is 0 Å². The molecule has 2 aromatic rings. The van der Waals surface area contributed by atoms with E-state index in [1.807, 2.05) is 0 Å². The molecular formula is C36H62N2O3Si2. The van der Waals surface area contributed by atoms with Gasteiger partial charge >= 0.3 is 0 Å². The van der Waals surface area contributed by atoms with Crippen molar-refractivity contribution in [3.63, 3.8) is 0 Å². The Bertz CT molecular complexity index is 1170. The van der Waals surface area contributed by atoms with Crippen LogP contribution in [0.15, 0.2) is 36.4 Å². The van der Waals surface area contributed by atoms with E-state index >= 15 is 0 Å². The van der Waals surface area contributed by atoms with Crippen LogP contribution >= 0.6 is 0 Å². The second-order valence-corrected chi connectivity index (χ2v) is 24.5. The number of aldehydes is 1. The summed E-state index contributed by atoms with van der Waals surface area (Å²) in [6.45, 7) is 31.6. The fourth-order valence-corrected chi connectivity index (χ4v) is 6.81. The number of carbonyl (C=O) groups is 1. The van der Waals surface area contributed by atoms with Crippen molar-refractivity contribution >= 4 is 34.3 Å². The number of nitrogens with zero attached hydrogens (tertiary/aromatic N) is 1. The zero-order valence-electron chi connectivity index (χ0n) is 29.6. The minimum absolute atomic E-state index is 0.270. The molecule has 2 aliphatic heterocycles. The lowest BCUT2D eigenvalue weighted by Crippen LogP contribution is -2.40. The number of para-hydroxylation sites is 2. The Morgan fingerprint density at radius 2 is 1.30 bits per heavy atom. The van der Waals surface area contributed by atoms with Gasteiger partial charge in [-0.25, -0.2) is 0 Å². The second-order valence-electron chi connectivity index (χ2n) is 14.9. The third-order valence-electron chi connectivity index (χ3n) is 9.73. The van der Waals surface area contributed by atoms with Crippen molar-refractivity contribution in [2.24, 2.45) is 0 Å². The highest BCUT2D eigenvalue weighted by Crippen LogP contribution is 2.39. The maximum Gasteiger partial charge on any atom is 0.192 e. The molecule has 242 valence electrons. The van der Waals surface area contributed by atoms with Crippen LogP contribution in [0.4, 0.5) is 11.4 Å². The molecule has 2 heterocycles. The predicted octanol–water partition coefficient (Wildman–Crippen LogP) is 9.75. The summed E-state index contributed by atoms with van der Waals surface area (Å²) in [5.74, 6) is 0. The highest BCUT2D eigenvalue weighted by molar-refractivity contribution is 6.74. The van der Waals surface area contributed by atoms with Crippen molar-refractivity contribution in [1.82, 2.24) is 0 Å². The topological polar surface area (TPSA) is 50.8 Å². The van der Waals surface area contributed by atoms with Gasteiger partial charge in [-0.15, -0.1) is 0 Å². The van der Waals surface area contributed by atoms with Crippen LogP contribution in [0.2, 0.25) is 36.3 Å². The number of nitrogens with one attached hydrogen (secondary N) is 1. The van der Waals surface area contributed by atoms with Crippen molar-refractivity contribution in [2.75, 3.05) is 29.9 Å². The van der Waals surface area contributed by atoms with Crippen molar-refractivity contribution in [1.29, 1.82) is 0 Å². The zero-order chi connectivity index (χ0) is 32.5. The van der Waals surface area contributed by atoms with Crippen LogP contribution in [-0.2, 0) is 39.7 Å². The third-order valence-corrected chi connectivity index (χ3v) is 18.7. The minimum Gasteiger partial charge on any atom is -0.412 e. The molecular weight excluding hydrogens is 565 g/mol. The van der Waals surface area contributed by atoms with Gasteiger partial charge in [0.15, 0.2) is 16.6 Å². The number of fused-ring (bicyclic) bond motifs is 2. The number of hydrogen-bond donors (Lipinski definition) is 1. The molecule has 0 aliphatic carbocycles. The first-order valence-electron chi connectivity index (χ1n) is 16.4.